The van der Waals surface area contributed by atoms with E-state index in [1.54, 1.807) is 7.11 Å². The van der Waals surface area contributed by atoms with Gasteiger partial charge in [0, 0.05) is 12.5 Å². The first kappa shape index (κ1) is 12.5. The predicted molar refractivity (Wildman–Crippen MR) is 74.4 cm³/mol. The first-order valence-electron chi connectivity index (χ1n) is 6.61. The number of hydrogen-bond donors (Lipinski definition) is 1. The summed E-state index contributed by atoms with van der Waals surface area (Å²) >= 11 is 0. The van der Waals surface area contributed by atoms with E-state index in [1.807, 2.05) is 30.3 Å². The van der Waals surface area contributed by atoms with Crippen molar-refractivity contribution in [2.45, 2.75) is 12.5 Å². The molecule has 1 N–H and O–H groups in total. The first-order valence-corrected chi connectivity index (χ1v) is 6.61. The van der Waals surface area contributed by atoms with Crippen LogP contribution in [0.3, 0.4) is 0 Å². The Labute approximate surface area is 112 Å². The van der Waals surface area contributed by atoms with Crippen molar-refractivity contribution < 1.29 is 14.6 Å². The molecular formula is C16H18O3. The molecule has 1 saturated heterocycles. The summed E-state index contributed by atoms with van der Waals surface area (Å²) in [5, 5.41) is 12.6. The SMILES string of the molecule is COc1ccc2cc(C(O)C3CCOC3)ccc2c1. The number of rotatable bonds is 3. The molecule has 1 aliphatic rings. The second kappa shape index (κ2) is 5.19. The molecule has 2 unspecified atom stereocenters. The molecule has 3 heteroatoms. The van der Waals surface area contributed by atoms with Crippen LogP contribution < -0.4 is 4.74 Å². The van der Waals surface area contributed by atoms with E-state index in [4.69, 9.17) is 9.47 Å². The van der Waals surface area contributed by atoms with Crippen LogP contribution in [-0.4, -0.2) is 25.4 Å². The molecule has 3 nitrogen and oxygen atoms in total. The Morgan fingerprint density at radius 2 is 2.00 bits per heavy atom. The highest BCUT2D eigenvalue weighted by Gasteiger charge is 2.25. The molecule has 0 bridgehead atoms. The van der Waals surface area contributed by atoms with Gasteiger partial charge in [0.15, 0.2) is 0 Å². The molecule has 1 heterocycles. The topological polar surface area (TPSA) is 38.7 Å². The molecule has 0 spiro atoms. The summed E-state index contributed by atoms with van der Waals surface area (Å²) in [6, 6.07) is 12.0. The number of aliphatic hydroxyl groups excluding tert-OH is 1. The molecule has 2 aromatic carbocycles. The molecule has 3 rings (SSSR count). The Kier molecular flexibility index (Phi) is 3.40. The number of fused-ring (bicyclic) bond motifs is 1. The lowest BCUT2D eigenvalue weighted by Crippen LogP contribution is -2.12. The Morgan fingerprint density at radius 1 is 1.21 bits per heavy atom. The summed E-state index contributed by atoms with van der Waals surface area (Å²) < 4.78 is 10.6. The number of aliphatic hydroxyl groups is 1. The van der Waals surface area contributed by atoms with Gasteiger partial charge in [0.1, 0.15) is 5.75 Å². The summed E-state index contributed by atoms with van der Waals surface area (Å²) in [5.41, 5.74) is 0.966. The fourth-order valence-electron chi connectivity index (χ4n) is 2.63. The molecule has 1 aliphatic heterocycles. The molecular weight excluding hydrogens is 240 g/mol. The van der Waals surface area contributed by atoms with Crippen LogP contribution in [0.2, 0.25) is 0 Å². The zero-order chi connectivity index (χ0) is 13.2. The van der Waals surface area contributed by atoms with Crippen molar-refractivity contribution in [1.82, 2.24) is 0 Å². The van der Waals surface area contributed by atoms with E-state index >= 15 is 0 Å². The van der Waals surface area contributed by atoms with Crippen molar-refractivity contribution in [2.24, 2.45) is 5.92 Å². The van der Waals surface area contributed by atoms with Crippen LogP contribution in [0.4, 0.5) is 0 Å². The second-order valence-corrected chi connectivity index (χ2v) is 5.04. The van der Waals surface area contributed by atoms with Crippen LogP contribution in [-0.2, 0) is 4.74 Å². The molecule has 0 radical (unpaired) electrons. The quantitative estimate of drug-likeness (QED) is 0.920. The summed E-state index contributed by atoms with van der Waals surface area (Å²) in [6.07, 6.45) is 0.496. The van der Waals surface area contributed by atoms with Crippen LogP contribution in [0, 0.1) is 5.92 Å². The minimum absolute atomic E-state index is 0.218. The lowest BCUT2D eigenvalue weighted by Gasteiger charge is -2.17. The van der Waals surface area contributed by atoms with Gasteiger partial charge in [-0.2, -0.15) is 0 Å². The minimum Gasteiger partial charge on any atom is -0.497 e. The smallest absolute Gasteiger partial charge is 0.119 e. The van der Waals surface area contributed by atoms with Gasteiger partial charge in [-0.25, -0.2) is 0 Å². The van der Waals surface area contributed by atoms with Crippen molar-refractivity contribution in [1.29, 1.82) is 0 Å². The summed E-state index contributed by atoms with van der Waals surface area (Å²) in [5.74, 6) is 1.07. The van der Waals surface area contributed by atoms with Gasteiger partial charge in [0.2, 0.25) is 0 Å². The zero-order valence-corrected chi connectivity index (χ0v) is 11.0. The zero-order valence-electron chi connectivity index (χ0n) is 11.0. The van der Waals surface area contributed by atoms with Gasteiger partial charge in [0.05, 0.1) is 19.8 Å². The Hall–Kier alpha value is -1.58. The number of benzene rings is 2. The average molecular weight is 258 g/mol. The van der Waals surface area contributed by atoms with Crippen molar-refractivity contribution in [2.75, 3.05) is 20.3 Å². The highest BCUT2D eigenvalue weighted by molar-refractivity contribution is 5.84. The van der Waals surface area contributed by atoms with Crippen LogP contribution >= 0.6 is 0 Å². The van der Waals surface area contributed by atoms with Gasteiger partial charge in [-0.05, 0) is 41.0 Å². The molecule has 100 valence electrons. The third kappa shape index (κ3) is 2.44. The molecule has 1 fully saturated rings. The maximum atomic E-state index is 10.4. The Balaban J connectivity index is 1.92. The van der Waals surface area contributed by atoms with Gasteiger partial charge in [-0.1, -0.05) is 18.2 Å². The van der Waals surface area contributed by atoms with Gasteiger partial charge in [-0.15, -0.1) is 0 Å². The lowest BCUT2D eigenvalue weighted by molar-refractivity contribution is 0.0919. The Morgan fingerprint density at radius 3 is 2.74 bits per heavy atom. The molecule has 2 aromatic rings. The number of hydrogen-bond acceptors (Lipinski definition) is 3. The fraction of sp³-hybridized carbons (Fsp3) is 0.375. The monoisotopic (exact) mass is 258 g/mol. The molecule has 0 amide bonds. The standard InChI is InChI=1S/C16H18O3/c1-18-15-5-4-11-8-13(3-2-12(11)9-15)16(17)14-6-7-19-10-14/h2-5,8-9,14,16-17H,6-7,10H2,1H3. The normalized spacial score (nSPS) is 20.6. The summed E-state index contributed by atoms with van der Waals surface area (Å²) in [7, 11) is 1.67. The number of methoxy groups -OCH3 is 1. The second-order valence-electron chi connectivity index (χ2n) is 5.04. The van der Waals surface area contributed by atoms with Crippen molar-refractivity contribution in [3.63, 3.8) is 0 Å². The van der Waals surface area contributed by atoms with Gasteiger partial charge < -0.3 is 14.6 Å². The average Bonchev–Trinajstić information content (AvgIpc) is 2.99. The van der Waals surface area contributed by atoms with Crippen molar-refractivity contribution in [3.05, 3.63) is 42.0 Å². The van der Waals surface area contributed by atoms with Gasteiger partial charge in [-0.3, -0.25) is 0 Å². The lowest BCUT2D eigenvalue weighted by atomic mass is 9.93. The Bertz CT molecular complexity index is 573. The van der Waals surface area contributed by atoms with Gasteiger partial charge in [0.25, 0.3) is 0 Å². The number of ether oxygens (including phenoxy) is 2. The van der Waals surface area contributed by atoms with E-state index in [0.29, 0.717) is 6.61 Å². The molecule has 0 aromatic heterocycles. The van der Waals surface area contributed by atoms with E-state index in [0.717, 1.165) is 35.1 Å². The molecule has 0 aliphatic carbocycles. The van der Waals surface area contributed by atoms with Crippen LogP contribution in [0.25, 0.3) is 10.8 Å². The fourth-order valence-corrected chi connectivity index (χ4v) is 2.63. The van der Waals surface area contributed by atoms with E-state index < -0.39 is 6.10 Å². The highest BCUT2D eigenvalue weighted by atomic mass is 16.5. The van der Waals surface area contributed by atoms with Crippen LogP contribution in [0.1, 0.15) is 18.1 Å². The van der Waals surface area contributed by atoms with E-state index in [-0.39, 0.29) is 5.92 Å². The maximum absolute atomic E-state index is 10.4. The van der Waals surface area contributed by atoms with E-state index in [9.17, 15) is 5.11 Å². The minimum atomic E-state index is -0.436. The van der Waals surface area contributed by atoms with E-state index in [1.165, 1.54) is 0 Å². The molecule has 19 heavy (non-hydrogen) atoms. The maximum Gasteiger partial charge on any atom is 0.119 e. The molecule has 0 saturated carbocycles. The first-order chi connectivity index (χ1) is 9.28. The summed E-state index contributed by atoms with van der Waals surface area (Å²) in [6.45, 7) is 1.41. The van der Waals surface area contributed by atoms with Gasteiger partial charge >= 0.3 is 0 Å². The van der Waals surface area contributed by atoms with Crippen LogP contribution in [0.5, 0.6) is 5.75 Å². The van der Waals surface area contributed by atoms with E-state index in [2.05, 4.69) is 6.07 Å². The van der Waals surface area contributed by atoms with Crippen LogP contribution in [0.15, 0.2) is 36.4 Å². The van der Waals surface area contributed by atoms with Crippen molar-refractivity contribution in [3.8, 4) is 5.75 Å². The third-order valence-corrected chi connectivity index (χ3v) is 3.82. The molecule has 2 atom stereocenters. The van der Waals surface area contributed by atoms with Crippen molar-refractivity contribution >= 4 is 10.8 Å². The largest absolute Gasteiger partial charge is 0.497 e. The summed E-state index contributed by atoms with van der Waals surface area (Å²) in [4.78, 5) is 0. The predicted octanol–water partition coefficient (Wildman–Crippen LogP) is 2.92. The highest BCUT2D eigenvalue weighted by Crippen LogP contribution is 2.31. The third-order valence-electron chi connectivity index (χ3n) is 3.82.